The van der Waals surface area contributed by atoms with Crippen molar-refractivity contribution in [1.29, 1.82) is 0 Å². The lowest BCUT2D eigenvalue weighted by Gasteiger charge is -2.27. The number of fused-ring (bicyclic) bond motifs is 1. The Labute approximate surface area is 185 Å². The maximum absolute atomic E-state index is 15.2. The van der Waals surface area contributed by atoms with Gasteiger partial charge in [-0.2, -0.15) is 13.2 Å². The van der Waals surface area contributed by atoms with Gasteiger partial charge in [0.1, 0.15) is 11.6 Å². The topological polar surface area (TPSA) is 0 Å². The summed E-state index contributed by atoms with van der Waals surface area (Å²) >= 11 is 0. The summed E-state index contributed by atoms with van der Waals surface area (Å²) in [5.74, 6) is -0.326. The Morgan fingerprint density at radius 2 is 1.56 bits per heavy atom. The average Bonchev–Trinajstić information content (AvgIpc) is 2.77. The van der Waals surface area contributed by atoms with Crippen molar-refractivity contribution in [2.24, 2.45) is 11.8 Å². The van der Waals surface area contributed by atoms with Gasteiger partial charge in [0.05, 0.1) is 5.56 Å². The van der Waals surface area contributed by atoms with Gasteiger partial charge in [-0.05, 0) is 53.3 Å². The Bertz CT molecular complexity index is 1090. The van der Waals surface area contributed by atoms with E-state index >= 15 is 4.39 Å². The standard InChI is InChI=1S/C27H27F5/c1-2-17-3-5-18(6-4-17)7-8-19-9-12-22-20(15-19)10-13-23(26(22)29)21-11-14-24(25(28)16-21)27(30,31)32/h9-18H,2-8H2,1H3/t17-,18-. The zero-order valence-corrected chi connectivity index (χ0v) is 18.1. The van der Waals surface area contributed by atoms with Gasteiger partial charge in [0.2, 0.25) is 0 Å². The average molecular weight is 447 g/mol. The Morgan fingerprint density at radius 3 is 2.22 bits per heavy atom. The lowest BCUT2D eigenvalue weighted by molar-refractivity contribution is -0.139. The molecule has 3 aromatic carbocycles. The fraction of sp³-hybridized carbons (Fsp3) is 0.407. The van der Waals surface area contributed by atoms with Crippen LogP contribution in [0.2, 0.25) is 0 Å². The molecule has 4 rings (SSSR count). The predicted octanol–water partition coefficient (Wildman–Crippen LogP) is 8.95. The monoisotopic (exact) mass is 446 g/mol. The molecule has 0 N–H and O–H groups in total. The van der Waals surface area contributed by atoms with Gasteiger partial charge in [0, 0.05) is 10.9 Å². The highest BCUT2D eigenvalue weighted by Crippen LogP contribution is 2.36. The number of hydrogen-bond donors (Lipinski definition) is 0. The number of halogens is 5. The summed E-state index contributed by atoms with van der Waals surface area (Å²) in [5, 5.41) is 1.13. The van der Waals surface area contributed by atoms with Crippen LogP contribution in [0.25, 0.3) is 21.9 Å². The zero-order valence-electron chi connectivity index (χ0n) is 18.1. The highest BCUT2D eigenvalue weighted by atomic mass is 19.4. The fourth-order valence-corrected chi connectivity index (χ4v) is 4.93. The van der Waals surface area contributed by atoms with Crippen LogP contribution in [0.1, 0.15) is 56.6 Å². The van der Waals surface area contributed by atoms with Crippen molar-refractivity contribution in [3.63, 3.8) is 0 Å². The molecule has 0 unspecified atom stereocenters. The van der Waals surface area contributed by atoms with Gasteiger partial charge in [-0.3, -0.25) is 0 Å². The van der Waals surface area contributed by atoms with E-state index in [-0.39, 0.29) is 11.1 Å². The van der Waals surface area contributed by atoms with Crippen molar-refractivity contribution in [2.45, 2.75) is 58.0 Å². The number of hydrogen-bond acceptors (Lipinski definition) is 0. The summed E-state index contributed by atoms with van der Waals surface area (Å²) < 4.78 is 67.6. The predicted molar refractivity (Wildman–Crippen MR) is 118 cm³/mol. The molecule has 1 aliphatic rings. The number of rotatable bonds is 5. The van der Waals surface area contributed by atoms with E-state index in [1.165, 1.54) is 38.2 Å². The van der Waals surface area contributed by atoms with Crippen LogP contribution in [0, 0.1) is 23.5 Å². The van der Waals surface area contributed by atoms with Crippen molar-refractivity contribution in [2.75, 3.05) is 0 Å². The molecule has 0 amide bonds. The Hall–Kier alpha value is -2.43. The second-order valence-corrected chi connectivity index (χ2v) is 9.01. The smallest absolute Gasteiger partial charge is 0.206 e. The molecular formula is C27H27F5. The maximum atomic E-state index is 15.2. The minimum absolute atomic E-state index is 0.0849. The lowest BCUT2D eigenvalue weighted by Crippen LogP contribution is -2.14. The largest absolute Gasteiger partial charge is 0.419 e. The van der Waals surface area contributed by atoms with E-state index in [1.54, 1.807) is 12.1 Å². The molecule has 5 heteroatoms. The van der Waals surface area contributed by atoms with Crippen molar-refractivity contribution in [3.05, 3.63) is 71.3 Å². The van der Waals surface area contributed by atoms with E-state index in [0.717, 1.165) is 47.8 Å². The molecule has 0 aromatic heterocycles. The van der Waals surface area contributed by atoms with Gasteiger partial charge in [0.25, 0.3) is 0 Å². The van der Waals surface area contributed by atoms with Gasteiger partial charge in [-0.25, -0.2) is 8.78 Å². The minimum atomic E-state index is -4.78. The quantitative estimate of drug-likeness (QED) is 0.343. The molecule has 0 radical (unpaired) electrons. The maximum Gasteiger partial charge on any atom is 0.419 e. The molecule has 1 aliphatic carbocycles. The molecule has 0 bridgehead atoms. The molecule has 32 heavy (non-hydrogen) atoms. The Balaban J connectivity index is 1.52. The molecule has 0 spiro atoms. The van der Waals surface area contributed by atoms with Crippen LogP contribution in [-0.2, 0) is 12.6 Å². The van der Waals surface area contributed by atoms with Gasteiger partial charge in [0.15, 0.2) is 0 Å². The first-order valence-corrected chi connectivity index (χ1v) is 11.3. The van der Waals surface area contributed by atoms with Crippen LogP contribution in [0.4, 0.5) is 22.0 Å². The van der Waals surface area contributed by atoms with Crippen LogP contribution < -0.4 is 0 Å². The van der Waals surface area contributed by atoms with Crippen molar-refractivity contribution < 1.29 is 22.0 Å². The first-order valence-electron chi connectivity index (χ1n) is 11.3. The van der Waals surface area contributed by atoms with Gasteiger partial charge >= 0.3 is 6.18 Å². The van der Waals surface area contributed by atoms with Crippen molar-refractivity contribution >= 4 is 10.8 Å². The molecular weight excluding hydrogens is 419 g/mol. The fourth-order valence-electron chi connectivity index (χ4n) is 4.93. The third kappa shape index (κ3) is 4.82. The Morgan fingerprint density at radius 1 is 0.844 bits per heavy atom. The lowest BCUT2D eigenvalue weighted by atomic mass is 9.78. The van der Waals surface area contributed by atoms with Crippen molar-refractivity contribution in [3.8, 4) is 11.1 Å². The normalized spacial score (nSPS) is 19.4. The minimum Gasteiger partial charge on any atom is -0.206 e. The molecule has 0 atom stereocenters. The van der Waals surface area contributed by atoms with Crippen LogP contribution in [0.5, 0.6) is 0 Å². The SMILES string of the molecule is CC[C@H]1CC[C@H](CCc2ccc3c(F)c(-c4ccc(C(F)(F)F)c(F)c4)ccc3c2)CC1. The van der Waals surface area contributed by atoms with Crippen LogP contribution in [0.3, 0.4) is 0 Å². The molecule has 1 saturated carbocycles. The highest BCUT2D eigenvalue weighted by Gasteiger charge is 2.34. The second kappa shape index (κ2) is 9.21. The summed E-state index contributed by atoms with van der Waals surface area (Å²) in [5.41, 5.74) is -0.0228. The van der Waals surface area contributed by atoms with E-state index in [0.29, 0.717) is 11.5 Å². The number of aryl methyl sites for hydroxylation is 1. The molecule has 0 saturated heterocycles. The third-order valence-electron chi connectivity index (χ3n) is 6.99. The van der Waals surface area contributed by atoms with Gasteiger partial charge in [-0.1, -0.05) is 75.4 Å². The molecule has 0 aliphatic heterocycles. The van der Waals surface area contributed by atoms with E-state index in [1.807, 2.05) is 12.1 Å². The van der Waals surface area contributed by atoms with Crippen LogP contribution >= 0.6 is 0 Å². The van der Waals surface area contributed by atoms with Gasteiger partial charge < -0.3 is 0 Å². The number of benzene rings is 3. The summed E-state index contributed by atoms with van der Waals surface area (Å²) in [6.07, 6.45) is 3.77. The first kappa shape index (κ1) is 22.8. The molecule has 0 nitrogen and oxygen atoms in total. The Kier molecular flexibility index (Phi) is 6.55. The molecule has 170 valence electrons. The highest BCUT2D eigenvalue weighted by molar-refractivity contribution is 5.88. The molecule has 3 aromatic rings. The second-order valence-electron chi connectivity index (χ2n) is 9.01. The van der Waals surface area contributed by atoms with E-state index in [4.69, 9.17) is 0 Å². The van der Waals surface area contributed by atoms with E-state index in [2.05, 4.69) is 6.92 Å². The first-order chi connectivity index (χ1) is 15.3. The van der Waals surface area contributed by atoms with Gasteiger partial charge in [-0.15, -0.1) is 0 Å². The summed E-state index contributed by atoms with van der Waals surface area (Å²) in [7, 11) is 0. The van der Waals surface area contributed by atoms with E-state index < -0.39 is 23.4 Å². The summed E-state index contributed by atoms with van der Waals surface area (Å²) in [6, 6.07) is 11.4. The summed E-state index contributed by atoms with van der Waals surface area (Å²) in [6.45, 7) is 2.26. The van der Waals surface area contributed by atoms with Crippen molar-refractivity contribution in [1.82, 2.24) is 0 Å². The molecule has 1 fully saturated rings. The third-order valence-corrected chi connectivity index (χ3v) is 6.99. The van der Waals surface area contributed by atoms with E-state index in [9.17, 15) is 17.6 Å². The zero-order chi connectivity index (χ0) is 22.9. The molecule has 0 heterocycles. The number of alkyl halides is 3. The van der Waals surface area contributed by atoms with Crippen LogP contribution in [0.15, 0.2) is 48.5 Å². The van der Waals surface area contributed by atoms with Crippen LogP contribution in [-0.4, -0.2) is 0 Å². The summed E-state index contributed by atoms with van der Waals surface area (Å²) in [4.78, 5) is 0.